The van der Waals surface area contributed by atoms with Gasteiger partial charge in [-0.1, -0.05) is 30.3 Å². The minimum absolute atomic E-state index is 0.217. The quantitative estimate of drug-likeness (QED) is 0.801. The van der Waals surface area contributed by atoms with Gasteiger partial charge in [0.1, 0.15) is 6.61 Å². The summed E-state index contributed by atoms with van der Waals surface area (Å²) in [6.07, 6.45) is -0.743. The fourth-order valence-corrected chi connectivity index (χ4v) is 1.53. The number of benzene rings is 1. The van der Waals surface area contributed by atoms with Crippen molar-refractivity contribution in [3.8, 4) is 0 Å². The molecule has 0 fully saturated rings. The van der Waals surface area contributed by atoms with Crippen molar-refractivity contribution in [1.82, 2.24) is 0 Å². The Labute approximate surface area is 89.4 Å². The zero-order valence-electron chi connectivity index (χ0n) is 8.97. The van der Waals surface area contributed by atoms with Gasteiger partial charge < -0.3 is 9.84 Å². The molecule has 0 amide bonds. The third-order valence-electron chi connectivity index (χ3n) is 2.34. The number of rotatable bonds is 2. The van der Waals surface area contributed by atoms with E-state index in [1.54, 1.807) is 0 Å². The predicted molar refractivity (Wildman–Crippen MR) is 58.9 cm³/mol. The first-order valence-electron chi connectivity index (χ1n) is 5.04. The summed E-state index contributed by atoms with van der Waals surface area (Å²) in [7, 11) is 0. The maximum Gasteiger partial charge on any atom is 0.218 e. The Morgan fingerprint density at radius 1 is 1.33 bits per heavy atom. The molecule has 0 aromatic heterocycles. The second kappa shape index (κ2) is 3.66. The molecule has 80 valence electrons. The lowest BCUT2D eigenvalue weighted by Crippen LogP contribution is -2.17. The van der Waals surface area contributed by atoms with Crippen LogP contribution in [0.1, 0.15) is 25.5 Å². The van der Waals surface area contributed by atoms with Crippen LogP contribution in [0.4, 0.5) is 0 Å². The molecule has 1 N–H and O–H groups in total. The van der Waals surface area contributed by atoms with Crippen molar-refractivity contribution in [3.63, 3.8) is 0 Å². The zero-order chi connectivity index (χ0) is 10.9. The molecule has 1 aliphatic heterocycles. The van der Waals surface area contributed by atoms with E-state index in [-0.39, 0.29) is 5.54 Å². The monoisotopic (exact) mass is 205 g/mol. The van der Waals surface area contributed by atoms with Crippen LogP contribution >= 0.6 is 0 Å². The highest BCUT2D eigenvalue weighted by atomic mass is 16.5. The normalized spacial score (nSPS) is 20.6. The van der Waals surface area contributed by atoms with Crippen molar-refractivity contribution >= 4 is 5.90 Å². The third-order valence-corrected chi connectivity index (χ3v) is 2.34. The van der Waals surface area contributed by atoms with Gasteiger partial charge in [-0.15, -0.1) is 0 Å². The van der Waals surface area contributed by atoms with Crippen molar-refractivity contribution < 1.29 is 9.84 Å². The van der Waals surface area contributed by atoms with Crippen LogP contribution in [0.25, 0.3) is 0 Å². The van der Waals surface area contributed by atoms with Gasteiger partial charge in [-0.25, -0.2) is 4.99 Å². The van der Waals surface area contributed by atoms with Crippen molar-refractivity contribution in [3.05, 3.63) is 35.9 Å². The Balaban J connectivity index is 2.20. The van der Waals surface area contributed by atoms with Gasteiger partial charge in [0.15, 0.2) is 6.10 Å². The van der Waals surface area contributed by atoms with Gasteiger partial charge in [0, 0.05) is 0 Å². The van der Waals surface area contributed by atoms with E-state index in [1.807, 2.05) is 44.2 Å². The summed E-state index contributed by atoms with van der Waals surface area (Å²) in [4.78, 5) is 4.34. The molecule has 1 atom stereocenters. The molecule has 1 aromatic rings. The number of nitrogens with zero attached hydrogens (tertiary/aromatic N) is 1. The van der Waals surface area contributed by atoms with Crippen molar-refractivity contribution in [2.24, 2.45) is 4.99 Å². The minimum atomic E-state index is -0.743. The summed E-state index contributed by atoms with van der Waals surface area (Å²) in [6.45, 7) is 4.50. The van der Waals surface area contributed by atoms with Crippen molar-refractivity contribution in [2.45, 2.75) is 25.5 Å². The zero-order valence-corrected chi connectivity index (χ0v) is 8.97. The Morgan fingerprint density at radius 3 is 2.53 bits per heavy atom. The second-order valence-electron chi connectivity index (χ2n) is 4.36. The average molecular weight is 205 g/mol. The lowest BCUT2D eigenvalue weighted by atomic mass is 10.1. The topological polar surface area (TPSA) is 41.8 Å². The molecule has 1 aliphatic rings. The molecule has 0 spiro atoms. The first-order chi connectivity index (χ1) is 7.08. The van der Waals surface area contributed by atoms with E-state index in [9.17, 15) is 5.11 Å². The third kappa shape index (κ3) is 2.18. The molecule has 3 nitrogen and oxygen atoms in total. The van der Waals surface area contributed by atoms with Crippen LogP contribution in [0.15, 0.2) is 35.3 Å². The van der Waals surface area contributed by atoms with E-state index >= 15 is 0 Å². The molecule has 0 bridgehead atoms. The highest BCUT2D eigenvalue weighted by Gasteiger charge is 2.30. The van der Waals surface area contributed by atoms with Crippen LogP contribution in [-0.4, -0.2) is 23.2 Å². The van der Waals surface area contributed by atoms with Crippen LogP contribution in [0.2, 0.25) is 0 Å². The number of hydrogen-bond donors (Lipinski definition) is 1. The summed E-state index contributed by atoms with van der Waals surface area (Å²) in [5.41, 5.74) is 0.597. The highest BCUT2D eigenvalue weighted by molar-refractivity contribution is 5.83. The van der Waals surface area contributed by atoms with Crippen LogP contribution in [0.3, 0.4) is 0 Å². The number of aliphatic imine (C=N–C) groups is 1. The van der Waals surface area contributed by atoms with E-state index in [2.05, 4.69) is 4.99 Å². The smallest absolute Gasteiger partial charge is 0.218 e. The lowest BCUT2D eigenvalue weighted by Gasteiger charge is -2.09. The molecular weight excluding hydrogens is 190 g/mol. The van der Waals surface area contributed by atoms with Crippen molar-refractivity contribution in [2.75, 3.05) is 6.61 Å². The molecule has 2 rings (SSSR count). The number of hydrogen-bond acceptors (Lipinski definition) is 3. The fourth-order valence-electron chi connectivity index (χ4n) is 1.53. The van der Waals surface area contributed by atoms with Gasteiger partial charge >= 0.3 is 0 Å². The fraction of sp³-hybridized carbons (Fsp3) is 0.417. The van der Waals surface area contributed by atoms with Crippen molar-refractivity contribution in [1.29, 1.82) is 0 Å². The molecule has 3 heteroatoms. The van der Waals surface area contributed by atoms with E-state index in [0.29, 0.717) is 12.5 Å². The number of aliphatic hydroxyl groups is 1. The Kier molecular flexibility index (Phi) is 2.49. The van der Waals surface area contributed by atoms with Crippen LogP contribution in [0.5, 0.6) is 0 Å². The molecule has 0 saturated heterocycles. The molecule has 1 aromatic carbocycles. The van der Waals surface area contributed by atoms with Gasteiger partial charge in [-0.2, -0.15) is 0 Å². The van der Waals surface area contributed by atoms with E-state index < -0.39 is 6.10 Å². The second-order valence-corrected chi connectivity index (χ2v) is 4.36. The molecular formula is C12H15NO2. The van der Waals surface area contributed by atoms with Crippen LogP contribution in [-0.2, 0) is 4.74 Å². The SMILES string of the molecule is CC1(C)COC(C(O)c2ccccc2)=N1. The Morgan fingerprint density at radius 2 is 2.00 bits per heavy atom. The number of ether oxygens (including phenoxy) is 1. The molecule has 0 aliphatic carbocycles. The molecule has 1 unspecified atom stereocenters. The average Bonchev–Trinajstić information content (AvgIpc) is 2.59. The van der Waals surface area contributed by atoms with Gasteiger partial charge in [0.05, 0.1) is 5.54 Å². The molecule has 0 radical (unpaired) electrons. The van der Waals surface area contributed by atoms with Gasteiger partial charge in [0.2, 0.25) is 5.90 Å². The first-order valence-corrected chi connectivity index (χ1v) is 5.04. The highest BCUT2D eigenvalue weighted by Crippen LogP contribution is 2.24. The summed E-state index contributed by atoms with van der Waals surface area (Å²) >= 11 is 0. The van der Waals surface area contributed by atoms with Gasteiger partial charge in [0.25, 0.3) is 0 Å². The maximum atomic E-state index is 10.00. The van der Waals surface area contributed by atoms with E-state index in [4.69, 9.17) is 4.74 Å². The molecule has 1 heterocycles. The summed E-state index contributed by atoms with van der Waals surface area (Å²) in [5, 5.41) is 10.00. The summed E-state index contributed by atoms with van der Waals surface area (Å²) in [6, 6.07) is 9.42. The van der Waals surface area contributed by atoms with Crippen LogP contribution < -0.4 is 0 Å². The lowest BCUT2D eigenvalue weighted by molar-refractivity contribution is 0.193. The van der Waals surface area contributed by atoms with E-state index in [0.717, 1.165) is 5.56 Å². The van der Waals surface area contributed by atoms with E-state index in [1.165, 1.54) is 0 Å². The maximum absolute atomic E-state index is 10.00. The largest absolute Gasteiger partial charge is 0.476 e. The van der Waals surface area contributed by atoms with Gasteiger partial charge in [-0.05, 0) is 19.4 Å². The number of aliphatic hydroxyl groups excluding tert-OH is 1. The molecule has 0 saturated carbocycles. The summed E-state index contributed by atoms with van der Waals surface area (Å²) < 4.78 is 5.38. The van der Waals surface area contributed by atoms with Gasteiger partial charge in [-0.3, -0.25) is 0 Å². The summed E-state index contributed by atoms with van der Waals surface area (Å²) in [5.74, 6) is 0.422. The Hall–Kier alpha value is -1.35. The Bertz CT molecular complexity index is 370. The standard InChI is InChI=1S/C12H15NO2/c1-12(2)8-15-11(13-12)10(14)9-6-4-3-5-7-9/h3-7,10,14H,8H2,1-2H3. The first kappa shape index (κ1) is 10.2. The predicted octanol–water partition coefficient (Wildman–Crippen LogP) is 1.93. The molecule has 15 heavy (non-hydrogen) atoms. The minimum Gasteiger partial charge on any atom is -0.476 e. The van der Waals surface area contributed by atoms with Crippen LogP contribution in [0, 0.1) is 0 Å².